The van der Waals surface area contributed by atoms with Gasteiger partial charge in [-0.3, -0.25) is 10.1 Å². The minimum atomic E-state index is -4.55. The van der Waals surface area contributed by atoms with Gasteiger partial charge in [-0.1, -0.05) is 30.0 Å². The van der Waals surface area contributed by atoms with Gasteiger partial charge in [-0.05, 0) is 12.1 Å². The van der Waals surface area contributed by atoms with Crippen LogP contribution in [0.4, 0.5) is 18.0 Å². The van der Waals surface area contributed by atoms with Crippen molar-refractivity contribution in [3.05, 3.63) is 30.3 Å². The molecule has 0 aliphatic carbocycles. The average Bonchev–Trinajstić information content (AvgIpc) is 3.00. The number of carbonyl (C=O) groups excluding carboxylic acids is 2. The molecule has 11 heteroatoms. The number of thioether (sulfide) groups is 1. The SMILES string of the molecule is O=C(CSc1nnc(-c2ccccc2)o1)NC(=O)NCC(F)(F)F. The normalized spacial score (nSPS) is 11.1. The van der Waals surface area contributed by atoms with Crippen LogP contribution in [-0.2, 0) is 4.79 Å². The summed E-state index contributed by atoms with van der Waals surface area (Å²) >= 11 is 0.855. The fourth-order valence-electron chi connectivity index (χ4n) is 1.48. The van der Waals surface area contributed by atoms with Gasteiger partial charge in [0.2, 0.25) is 11.8 Å². The quantitative estimate of drug-likeness (QED) is 0.794. The molecule has 2 N–H and O–H groups in total. The van der Waals surface area contributed by atoms with Crippen molar-refractivity contribution < 1.29 is 27.2 Å². The first-order valence-electron chi connectivity index (χ1n) is 6.49. The molecule has 0 aliphatic heterocycles. The van der Waals surface area contributed by atoms with Crippen LogP contribution in [0, 0.1) is 0 Å². The molecule has 128 valence electrons. The van der Waals surface area contributed by atoms with E-state index in [0.717, 1.165) is 11.8 Å². The molecule has 0 spiro atoms. The van der Waals surface area contributed by atoms with Crippen LogP contribution >= 0.6 is 11.8 Å². The molecule has 2 rings (SSSR count). The molecule has 0 bridgehead atoms. The number of hydrogen-bond donors (Lipinski definition) is 2. The largest absolute Gasteiger partial charge is 0.411 e. The summed E-state index contributed by atoms with van der Waals surface area (Å²) in [5.41, 5.74) is 0.702. The number of alkyl halides is 3. The number of nitrogens with one attached hydrogen (secondary N) is 2. The molecule has 0 radical (unpaired) electrons. The maximum absolute atomic E-state index is 11.9. The van der Waals surface area contributed by atoms with E-state index >= 15 is 0 Å². The van der Waals surface area contributed by atoms with Crippen molar-refractivity contribution in [2.45, 2.75) is 11.4 Å². The van der Waals surface area contributed by atoms with Crippen LogP contribution in [0.5, 0.6) is 0 Å². The number of carbonyl (C=O) groups is 2. The van der Waals surface area contributed by atoms with Crippen molar-refractivity contribution >= 4 is 23.7 Å². The zero-order valence-electron chi connectivity index (χ0n) is 12.0. The first-order chi connectivity index (χ1) is 11.3. The van der Waals surface area contributed by atoms with Crippen LogP contribution in [-0.4, -0.2) is 40.6 Å². The second-order valence-electron chi connectivity index (χ2n) is 4.37. The van der Waals surface area contributed by atoms with Gasteiger partial charge >= 0.3 is 12.2 Å². The summed E-state index contributed by atoms with van der Waals surface area (Å²) in [7, 11) is 0. The summed E-state index contributed by atoms with van der Waals surface area (Å²) in [6, 6.07) is 7.70. The molecular formula is C13H11F3N4O3S. The van der Waals surface area contributed by atoms with Gasteiger partial charge < -0.3 is 9.73 Å². The Morgan fingerprint density at radius 1 is 1.17 bits per heavy atom. The number of imide groups is 1. The van der Waals surface area contributed by atoms with Crippen molar-refractivity contribution in [3.63, 3.8) is 0 Å². The standard InChI is InChI=1S/C13H11F3N4O3S/c14-13(15,16)7-17-11(22)18-9(21)6-24-12-20-19-10(23-12)8-4-2-1-3-5-8/h1-5H,6-7H2,(H2,17,18,21,22). The molecule has 0 unspecified atom stereocenters. The van der Waals surface area contributed by atoms with Crippen LogP contribution in [0.3, 0.4) is 0 Å². The van der Waals surface area contributed by atoms with E-state index < -0.39 is 24.7 Å². The molecule has 0 atom stereocenters. The van der Waals surface area contributed by atoms with Gasteiger partial charge in [0.25, 0.3) is 5.22 Å². The minimum Gasteiger partial charge on any atom is -0.411 e. The van der Waals surface area contributed by atoms with Crippen LogP contribution in [0.1, 0.15) is 0 Å². The van der Waals surface area contributed by atoms with Crippen LogP contribution in [0.15, 0.2) is 40.0 Å². The predicted molar refractivity (Wildman–Crippen MR) is 78.1 cm³/mol. The minimum absolute atomic E-state index is 0.0969. The third-order valence-corrected chi connectivity index (χ3v) is 3.27. The fourth-order valence-corrected chi connectivity index (χ4v) is 2.04. The predicted octanol–water partition coefficient (Wildman–Crippen LogP) is 2.22. The van der Waals surface area contributed by atoms with Gasteiger partial charge in [0.05, 0.1) is 5.75 Å². The zero-order valence-corrected chi connectivity index (χ0v) is 12.8. The molecule has 0 saturated heterocycles. The van der Waals surface area contributed by atoms with E-state index in [1.807, 2.05) is 6.07 Å². The summed E-state index contributed by atoms with van der Waals surface area (Å²) in [5.74, 6) is -0.795. The van der Waals surface area contributed by atoms with E-state index in [9.17, 15) is 22.8 Å². The fraction of sp³-hybridized carbons (Fsp3) is 0.231. The molecule has 24 heavy (non-hydrogen) atoms. The molecule has 0 fully saturated rings. The van der Waals surface area contributed by atoms with Gasteiger partial charge in [-0.15, -0.1) is 10.2 Å². The topological polar surface area (TPSA) is 97.1 Å². The third-order valence-electron chi connectivity index (χ3n) is 2.46. The summed E-state index contributed by atoms with van der Waals surface area (Å²) in [6.07, 6.45) is -4.55. The van der Waals surface area contributed by atoms with Gasteiger partial charge in [0, 0.05) is 5.56 Å². The number of nitrogens with zero attached hydrogens (tertiary/aromatic N) is 2. The highest BCUT2D eigenvalue weighted by Crippen LogP contribution is 2.22. The Morgan fingerprint density at radius 2 is 1.88 bits per heavy atom. The molecule has 0 aliphatic rings. The van der Waals surface area contributed by atoms with E-state index in [1.165, 1.54) is 5.32 Å². The molecule has 1 heterocycles. The summed E-state index contributed by atoms with van der Waals surface area (Å²) in [6.45, 7) is -1.52. The van der Waals surface area contributed by atoms with Gasteiger partial charge in [0.1, 0.15) is 6.54 Å². The van der Waals surface area contributed by atoms with E-state index in [0.29, 0.717) is 5.56 Å². The second kappa shape index (κ2) is 7.81. The Bertz CT molecular complexity index is 706. The van der Waals surface area contributed by atoms with E-state index in [4.69, 9.17) is 4.42 Å². The Labute approximate surface area is 138 Å². The summed E-state index contributed by atoms with van der Waals surface area (Å²) < 4.78 is 41.0. The summed E-state index contributed by atoms with van der Waals surface area (Å²) in [5, 5.41) is 10.9. The Kier molecular flexibility index (Phi) is 5.79. The number of halogens is 3. The maximum Gasteiger partial charge on any atom is 0.405 e. The van der Waals surface area contributed by atoms with E-state index in [1.54, 1.807) is 29.6 Å². The number of urea groups is 1. The number of rotatable bonds is 5. The first kappa shape index (κ1) is 17.8. The lowest BCUT2D eigenvalue weighted by Gasteiger charge is -2.08. The van der Waals surface area contributed by atoms with Gasteiger partial charge in [-0.25, -0.2) is 4.79 Å². The Morgan fingerprint density at radius 3 is 2.54 bits per heavy atom. The van der Waals surface area contributed by atoms with Crippen LogP contribution in [0.25, 0.3) is 11.5 Å². The molecule has 3 amide bonds. The monoisotopic (exact) mass is 360 g/mol. The van der Waals surface area contributed by atoms with Gasteiger partial charge in [-0.2, -0.15) is 13.2 Å². The zero-order chi connectivity index (χ0) is 17.6. The maximum atomic E-state index is 11.9. The van der Waals surface area contributed by atoms with Crippen LogP contribution < -0.4 is 10.6 Å². The van der Waals surface area contributed by atoms with Crippen molar-refractivity contribution in [2.24, 2.45) is 0 Å². The molecule has 1 aromatic heterocycles. The third kappa shape index (κ3) is 5.91. The lowest BCUT2D eigenvalue weighted by atomic mass is 10.2. The van der Waals surface area contributed by atoms with Gasteiger partial charge in [0.15, 0.2) is 0 Å². The number of amides is 3. The highest BCUT2D eigenvalue weighted by Gasteiger charge is 2.28. The Hall–Kier alpha value is -2.56. The van der Waals surface area contributed by atoms with Crippen LogP contribution in [0.2, 0.25) is 0 Å². The first-order valence-corrected chi connectivity index (χ1v) is 7.48. The molecule has 2 aromatic rings. The number of hydrogen-bond acceptors (Lipinski definition) is 6. The lowest BCUT2D eigenvalue weighted by Crippen LogP contribution is -2.43. The average molecular weight is 360 g/mol. The highest BCUT2D eigenvalue weighted by molar-refractivity contribution is 7.99. The second-order valence-corrected chi connectivity index (χ2v) is 5.30. The molecule has 0 saturated carbocycles. The van der Waals surface area contributed by atoms with Crippen molar-refractivity contribution in [1.82, 2.24) is 20.8 Å². The van der Waals surface area contributed by atoms with Crippen molar-refractivity contribution in [1.29, 1.82) is 0 Å². The molecular weight excluding hydrogens is 349 g/mol. The smallest absolute Gasteiger partial charge is 0.405 e. The van der Waals surface area contributed by atoms with Crippen molar-refractivity contribution in [2.75, 3.05) is 12.3 Å². The van der Waals surface area contributed by atoms with E-state index in [-0.39, 0.29) is 16.9 Å². The number of benzene rings is 1. The Balaban J connectivity index is 1.78. The molecule has 7 nitrogen and oxygen atoms in total. The highest BCUT2D eigenvalue weighted by atomic mass is 32.2. The number of aromatic nitrogens is 2. The summed E-state index contributed by atoms with van der Waals surface area (Å²) in [4.78, 5) is 22.6. The molecule has 1 aromatic carbocycles. The van der Waals surface area contributed by atoms with E-state index in [2.05, 4.69) is 10.2 Å². The lowest BCUT2D eigenvalue weighted by molar-refractivity contribution is -0.124. The van der Waals surface area contributed by atoms with Crippen molar-refractivity contribution in [3.8, 4) is 11.5 Å².